The summed E-state index contributed by atoms with van der Waals surface area (Å²) < 4.78 is 11.3. The highest BCUT2D eigenvalue weighted by atomic mass is 16.5. The Labute approximate surface area is 329 Å². The summed E-state index contributed by atoms with van der Waals surface area (Å²) in [6.45, 7) is 21.7. The zero-order chi connectivity index (χ0) is 40.1. The van der Waals surface area contributed by atoms with Gasteiger partial charge in [0, 0.05) is 18.4 Å². The first-order chi connectivity index (χ1) is 25.0. The maximum absolute atomic E-state index is 12.7. The van der Waals surface area contributed by atoms with E-state index in [1.807, 2.05) is 19.0 Å². The van der Waals surface area contributed by atoms with E-state index in [0.717, 1.165) is 77.0 Å². The van der Waals surface area contributed by atoms with Gasteiger partial charge in [-0.25, -0.2) is 0 Å². The second-order valence-corrected chi connectivity index (χ2v) is 18.6. The Morgan fingerprint density at radius 2 is 0.868 bits per heavy atom. The number of unbranched alkanes of at least 4 members (excludes halogenated alkanes) is 12. The van der Waals surface area contributed by atoms with Crippen molar-refractivity contribution in [1.29, 1.82) is 0 Å². The second kappa shape index (κ2) is 31.6. The predicted molar refractivity (Wildman–Crippen MR) is 225 cm³/mol. The summed E-state index contributed by atoms with van der Waals surface area (Å²) in [5.41, 5.74) is -0.166. The van der Waals surface area contributed by atoms with Crippen molar-refractivity contribution in [1.82, 2.24) is 10.2 Å². The number of rotatable bonds is 35. The van der Waals surface area contributed by atoms with Gasteiger partial charge in [0.2, 0.25) is 5.91 Å². The van der Waals surface area contributed by atoms with Crippen molar-refractivity contribution in [3.8, 4) is 0 Å². The van der Waals surface area contributed by atoms with E-state index in [1.165, 1.54) is 51.4 Å². The Balaban J connectivity index is 4.25. The molecule has 7 heteroatoms. The number of carbonyl (C=O) groups excluding carboxylic acids is 3. The summed E-state index contributed by atoms with van der Waals surface area (Å²) in [4.78, 5) is 39.3. The van der Waals surface area contributed by atoms with Crippen LogP contribution in [-0.4, -0.2) is 62.1 Å². The highest BCUT2D eigenvalue weighted by molar-refractivity contribution is 5.78. The molecule has 0 aromatic heterocycles. The molecule has 1 amide bonds. The maximum Gasteiger partial charge on any atom is 0.305 e. The largest absolute Gasteiger partial charge is 0.465 e. The van der Waals surface area contributed by atoms with Crippen molar-refractivity contribution in [3.05, 3.63) is 0 Å². The van der Waals surface area contributed by atoms with Crippen molar-refractivity contribution in [2.75, 3.05) is 33.9 Å². The summed E-state index contributed by atoms with van der Waals surface area (Å²) in [5.74, 6) is 3.42. The monoisotopic (exact) mass is 751 g/mol. The molecule has 7 nitrogen and oxygen atoms in total. The SMILES string of the molecule is CC(C)CCC(COC(=O)CCCCCCCCCC(C)(CCCCCCCCCC(=O)OCC(CCC(C)C)C(C)C)NC(=O)CN(C)C)C(C)C. The van der Waals surface area contributed by atoms with Gasteiger partial charge in [0.25, 0.3) is 0 Å². The molecule has 0 aliphatic rings. The molecular formula is C46H90N2O5. The maximum atomic E-state index is 12.7. The number of nitrogens with zero attached hydrogens (tertiary/aromatic N) is 1. The van der Waals surface area contributed by atoms with E-state index < -0.39 is 0 Å². The van der Waals surface area contributed by atoms with Crippen LogP contribution in [0.15, 0.2) is 0 Å². The lowest BCUT2D eigenvalue weighted by atomic mass is 9.87. The lowest BCUT2D eigenvalue weighted by molar-refractivity contribution is -0.146. The first-order valence-electron chi connectivity index (χ1n) is 22.3. The van der Waals surface area contributed by atoms with Gasteiger partial charge in [0.1, 0.15) is 0 Å². The Morgan fingerprint density at radius 3 is 1.19 bits per heavy atom. The Bertz CT molecular complexity index is 858. The minimum absolute atomic E-state index is 0.0345. The van der Waals surface area contributed by atoms with Gasteiger partial charge in [-0.2, -0.15) is 0 Å². The average Bonchev–Trinajstić information content (AvgIpc) is 3.05. The highest BCUT2D eigenvalue weighted by Gasteiger charge is 2.25. The number of carbonyl (C=O) groups is 3. The lowest BCUT2D eigenvalue weighted by Crippen LogP contribution is -2.48. The Hall–Kier alpha value is -1.63. The van der Waals surface area contributed by atoms with Crippen LogP contribution in [0.1, 0.15) is 204 Å². The van der Waals surface area contributed by atoms with Crippen molar-refractivity contribution in [2.24, 2.45) is 35.5 Å². The van der Waals surface area contributed by atoms with Gasteiger partial charge in [-0.15, -0.1) is 0 Å². The van der Waals surface area contributed by atoms with E-state index in [1.54, 1.807) is 0 Å². The number of amides is 1. The van der Waals surface area contributed by atoms with Crippen LogP contribution in [0.2, 0.25) is 0 Å². The van der Waals surface area contributed by atoms with Crippen LogP contribution in [0.3, 0.4) is 0 Å². The molecule has 0 aliphatic carbocycles. The summed E-state index contributed by atoms with van der Waals surface area (Å²) in [5, 5.41) is 3.39. The average molecular weight is 751 g/mol. The van der Waals surface area contributed by atoms with Crippen molar-refractivity contribution in [3.63, 3.8) is 0 Å². The van der Waals surface area contributed by atoms with Crippen LogP contribution in [0, 0.1) is 35.5 Å². The van der Waals surface area contributed by atoms with E-state index in [9.17, 15) is 14.4 Å². The zero-order valence-electron chi connectivity index (χ0n) is 37.1. The molecule has 0 aromatic rings. The third kappa shape index (κ3) is 31.3. The molecule has 0 aromatic carbocycles. The van der Waals surface area contributed by atoms with Gasteiger partial charge in [-0.3, -0.25) is 14.4 Å². The molecule has 0 fully saturated rings. The standard InChI is InChI=1S/C46H90N2O5/c1-37(2)28-30-41(39(5)6)35-52-44(50)26-22-18-14-12-16-20-24-32-46(9,47-43(49)34-48(10)11)33-25-21-17-13-15-19-23-27-45(51)53-36-42(40(7)8)31-29-38(3)4/h37-42H,12-36H2,1-11H3,(H,47,49). The molecule has 0 saturated carbocycles. The molecule has 0 bridgehead atoms. The molecule has 0 saturated heterocycles. The third-order valence-corrected chi connectivity index (χ3v) is 11.2. The molecule has 0 rings (SSSR count). The van der Waals surface area contributed by atoms with E-state index in [2.05, 4.69) is 67.6 Å². The molecular weight excluding hydrogens is 661 g/mol. The van der Waals surface area contributed by atoms with Crippen LogP contribution in [-0.2, 0) is 23.9 Å². The number of likely N-dealkylation sites (N-methyl/N-ethyl adjacent to an activating group) is 1. The van der Waals surface area contributed by atoms with Gasteiger partial charge >= 0.3 is 11.9 Å². The van der Waals surface area contributed by atoms with Gasteiger partial charge in [0.05, 0.1) is 19.8 Å². The fourth-order valence-corrected chi connectivity index (χ4v) is 7.11. The quantitative estimate of drug-likeness (QED) is 0.0513. The fourth-order valence-electron chi connectivity index (χ4n) is 7.11. The van der Waals surface area contributed by atoms with Crippen LogP contribution in [0.5, 0.6) is 0 Å². The first kappa shape index (κ1) is 51.4. The number of hydrogen-bond donors (Lipinski definition) is 1. The normalized spacial score (nSPS) is 14.3. The zero-order valence-corrected chi connectivity index (χ0v) is 37.1. The molecule has 1 N–H and O–H groups in total. The van der Waals surface area contributed by atoms with Crippen LogP contribution in [0.25, 0.3) is 0 Å². The molecule has 2 atom stereocenters. The van der Waals surface area contributed by atoms with Crippen molar-refractivity contribution >= 4 is 17.8 Å². The van der Waals surface area contributed by atoms with Crippen LogP contribution in [0.4, 0.5) is 0 Å². The van der Waals surface area contributed by atoms with Gasteiger partial charge in [0.15, 0.2) is 0 Å². The van der Waals surface area contributed by atoms with E-state index >= 15 is 0 Å². The van der Waals surface area contributed by atoms with Gasteiger partial charge < -0.3 is 19.7 Å². The molecule has 314 valence electrons. The number of esters is 2. The predicted octanol–water partition coefficient (Wildman–Crippen LogP) is 11.9. The summed E-state index contributed by atoms with van der Waals surface area (Å²) >= 11 is 0. The van der Waals surface area contributed by atoms with Gasteiger partial charge in [-0.05, 0) is 95.1 Å². The molecule has 0 radical (unpaired) electrons. The highest BCUT2D eigenvalue weighted by Crippen LogP contribution is 2.25. The minimum Gasteiger partial charge on any atom is -0.465 e. The molecule has 0 aliphatic heterocycles. The van der Waals surface area contributed by atoms with Gasteiger partial charge in [-0.1, -0.05) is 145 Å². The Morgan fingerprint density at radius 1 is 0.528 bits per heavy atom. The van der Waals surface area contributed by atoms with Crippen molar-refractivity contribution < 1.29 is 23.9 Å². The van der Waals surface area contributed by atoms with E-state index in [-0.39, 0.29) is 23.4 Å². The number of nitrogens with one attached hydrogen (secondary N) is 1. The lowest BCUT2D eigenvalue weighted by Gasteiger charge is -2.32. The molecule has 53 heavy (non-hydrogen) atoms. The third-order valence-electron chi connectivity index (χ3n) is 11.2. The smallest absolute Gasteiger partial charge is 0.305 e. The number of hydrogen-bond acceptors (Lipinski definition) is 6. The fraction of sp³-hybridized carbons (Fsp3) is 0.935. The minimum atomic E-state index is -0.166. The summed E-state index contributed by atoms with van der Waals surface area (Å²) in [7, 11) is 3.88. The summed E-state index contributed by atoms with van der Waals surface area (Å²) in [6, 6.07) is 0. The van der Waals surface area contributed by atoms with E-state index in [0.29, 0.717) is 68.1 Å². The topological polar surface area (TPSA) is 84.9 Å². The Kier molecular flexibility index (Phi) is 30.6. The summed E-state index contributed by atoms with van der Waals surface area (Å²) in [6.07, 6.45) is 23.4. The van der Waals surface area contributed by atoms with E-state index in [4.69, 9.17) is 9.47 Å². The second-order valence-electron chi connectivity index (χ2n) is 18.6. The van der Waals surface area contributed by atoms with Crippen molar-refractivity contribution in [2.45, 2.75) is 209 Å². The first-order valence-corrected chi connectivity index (χ1v) is 22.3. The van der Waals surface area contributed by atoms with Crippen LogP contribution >= 0.6 is 0 Å². The molecule has 0 heterocycles. The molecule has 2 unspecified atom stereocenters. The number of ether oxygens (including phenoxy) is 2. The van der Waals surface area contributed by atoms with Crippen LogP contribution < -0.4 is 5.32 Å². The molecule has 0 spiro atoms.